The number of fused-ring (bicyclic) bond motifs is 1. The van der Waals surface area contributed by atoms with Crippen LogP contribution in [0.3, 0.4) is 0 Å². The molecule has 5 rings (SSSR count). The van der Waals surface area contributed by atoms with Crippen LogP contribution in [0.5, 0.6) is 0 Å². The number of nitrogens with zero attached hydrogens (tertiary/aromatic N) is 3. The average Bonchev–Trinajstić information content (AvgIpc) is 3.56. The summed E-state index contributed by atoms with van der Waals surface area (Å²) in [6.07, 6.45) is 0.952. The number of carbonyl (C=O) groups excluding carboxylic acids is 2. The van der Waals surface area contributed by atoms with Gasteiger partial charge in [-0.15, -0.1) is 11.3 Å². The van der Waals surface area contributed by atoms with Crippen LogP contribution in [0.4, 0.5) is 0 Å². The minimum absolute atomic E-state index is 0.191. The number of rotatable bonds is 7. The first-order valence-electron chi connectivity index (χ1n) is 11.8. The van der Waals surface area contributed by atoms with Gasteiger partial charge in [-0.1, -0.05) is 67.6 Å². The summed E-state index contributed by atoms with van der Waals surface area (Å²) < 4.78 is 1.69. The lowest BCUT2D eigenvalue weighted by molar-refractivity contribution is -0.133. The fourth-order valence-corrected chi connectivity index (χ4v) is 5.15. The molecule has 0 unspecified atom stereocenters. The number of benzene rings is 2. The third-order valence-corrected chi connectivity index (χ3v) is 7.52. The number of hydrogen-bond donors (Lipinski definition) is 1. The molecule has 1 aliphatic heterocycles. The summed E-state index contributed by atoms with van der Waals surface area (Å²) in [6.45, 7) is 4.98. The molecule has 0 fully saturated rings. The van der Waals surface area contributed by atoms with Gasteiger partial charge in [0.1, 0.15) is 16.9 Å². The van der Waals surface area contributed by atoms with Gasteiger partial charge in [0.15, 0.2) is 0 Å². The molecule has 0 aliphatic carbocycles. The predicted molar refractivity (Wildman–Crippen MR) is 138 cm³/mol. The lowest BCUT2D eigenvalue weighted by Gasteiger charge is -2.43. The van der Waals surface area contributed by atoms with E-state index in [4.69, 9.17) is 5.10 Å². The fourth-order valence-electron chi connectivity index (χ4n) is 4.47. The number of aromatic nitrogens is 2. The van der Waals surface area contributed by atoms with Gasteiger partial charge in [0.25, 0.3) is 5.91 Å². The molecule has 2 aromatic heterocycles. The summed E-state index contributed by atoms with van der Waals surface area (Å²) >= 11 is 1.58. The van der Waals surface area contributed by atoms with Crippen molar-refractivity contribution in [3.63, 3.8) is 0 Å². The smallest absolute Gasteiger partial charge is 0.273 e. The largest absolute Gasteiger partial charge is 0.350 e. The third-order valence-electron chi connectivity index (χ3n) is 6.63. The second-order valence-electron chi connectivity index (χ2n) is 9.05. The monoisotopic (exact) mass is 484 g/mol. The zero-order chi connectivity index (χ0) is 24.4. The molecule has 1 N–H and O–H groups in total. The van der Waals surface area contributed by atoms with Crippen molar-refractivity contribution in [1.29, 1.82) is 0 Å². The van der Waals surface area contributed by atoms with Crippen LogP contribution in [-0.2, 0) is 30.8 Å². The molecule has 2 amide bonds. The Hall–Kier alpha value is -3.71. The van der Waals surface area contributed by atoms with Crippen molar-refractivity contribution >= 4 is 23.2 Å². The van der Waals surface area contributed by atoms with E-state index in [0.717, 1.165) is 28.1 Å². The van der Waals surface area contributed by atoms with Crippen LogP contribution in [0.1, 0.15) is 41.0 Å². The molecule has 7 heteroatoms. The van der Waals surface area contributed by atoms with Gasteiger partial charge in [0.2, 0.25) is 5.91 Å². The van der Waals surface area contributed by atoms with Crippen molar-refractivity contribution < 1.29 is 9.59 Å². The molecule has 0 spiro atoms. The zero-order valence-electron chi connectivity index (χ0n) is 19.9. The van der Waals surface area contributed by atoms with E-state index in [1.807, 2.05) is 73.0 Å². The summed E-state index contributed by atoms with van der Waals surface area (Å²) in [5, 5.41) is 9.75. The van der Waals surface area contributed by atoms with E-state index in [2.05, 4.69) is 24.4 Å². The van der Waals surface area contributed by atoms with E-state index in [1.165, 1.54) is 5.56 Å². The Morgan fingerprint density at radius 3 is 2.46 bits per heavy atom. The van der Waals surface area contributed by atoms with E-state index in [1.54, 1.807) is 20.9 Å². The maximum Gasteiger partial charge on any atom is 0.273 e. The highest BCUT2D eigenvalue weighted by molar-refractivity contribution is 7.13. The Kier molecular flexibility index (Phi) is 6.26. The Morgan fingerprint density at radius 1 is 1.03 bits per heavy atom. The van der Waals surface area contributed by atoms with Crippen LogP contribution in [0.25, 0.3) is 10.6 Å². The van der Waals surface area contributed by atoms with Crippen molar-refractivity contribution in [3.05, 3.63) is 101 Å². The highest BCUT2D eigenvalue weighted by atomic mass is 32.1. The van der Waals surface area contributed by atoms with Crippen molar-refractivity contribution in [1.82, 2.24) is 20.0 Å². The van der Waals surface area contributed by atoms with Crippen LogP contribution in [0.15, 0.2) is 78.2 Å². The Bertz CT molecular complexity index is 1330. The Labute approximate surface area is 209 Å². The first kappa shape index (κ1) is 23.1. The lowest BCUT2D eigenvalue weighted by atomic mass is 9.93. The third kappa shape index (κ3) is 4.51. The molecule has 35 heavy (non-hydrogen) atoms. The number of aryl methyl sites for hydroxylation is 1. The zero-order valence-corrected chi connectivity index (χ0v) is 20.7. The maximum atomic E-state index is 13.8. The maximum absolute atomic E-state index is 13.8. The molecule has 0 saturated carbocycles. The van der Waals surface area contributed by atoms with Gasteiger partial charge >= 0.3 is 0 Å². The molecule has 1 atom stereocenters. The first-order valence-corrected chi connectivity index (χ1v) is 12.7. The molecule has 0 bridgehead atoms. The summed E-state index contributed by atoms with van der Waals surface area (Å²) in [5.41, 5.74) is 3.40. The van der Waals surface area contributed by atoms with Crippen LogP contribution in [-0.4, -0.2) is 32.0 Å². The fraction of sp³-hybridized carbons (Fsp3) is 0.250. The van der Waals surface area contributed by atoms with Gasteiger partial charge in [0.05, 0.1) is 11.4 Å². The second kappa shape index (κ2) is 9.50. The minimum Gasteiger partial charge on any atom is -0.350 e. The van der Waals surface area contributed by atoms with E-state index in [0.29, 0.717) is 18.8 Å². The first-order chi connectivity index (χ1) is 17.0. The molecule has 2 aromatic carbocycles. The molecule has 0 radical (unpaired) electrons. The topological polar surface area (TPSA) is 67.2 Å². The van der Waals surface area contributed by atoms with Gasteiger partial charge in [-0.25, -0.2) is 0 Å². The van der Waals surface area contributed by atoms with Gasteiger partial charge in [0, 0.05) is 13.1 Å². The molecule has 178 valence electrons. The van der Waals surface area contributed by atoms with Gasteiger partial charge in [-0.05, 0) is 47.5 Å². The SMILES string of the molecule is CCc1ccc(CN2C(=O)c3cc(-c4cccs4)nn3C[C@@]2(C)C(=O)NCc2ccccc2)cc1. The second-order valence-corrected chi connectivity index (χ2v) is 10.0. The van der Waals surface area contributed by atoms with Gasteiger partial charge in [-0.2, -0.15) is 5.10 Å². The minimum atomic E-state index is -1.10. The van der Waals surface area contributed by atoms with E-state index in [9.17, 15) is 9.59 Å². The number of carbonyl (C=O) groups is 2. The summed E-state index contributed by atoms with van der Waals surface area (Å²) in [6, 6.07) is 23.8. The van der Waals surface area contributed by atoms with Crippen molar-refractivity contribution in [3.8, 4) is 10.6 Å². The Balaban J connectivity index is 1.48. The number of nitrogens with one attached hydrogen (secondary N) is 1. The number of hydrogen-bond acceptors (Lipinski definition) is 4. The summed E-state index contributed by atoms with van der Waals surface area (Å²) in [7, 11) is 0. The predicted octanol–water partition coefficient (Wildman–Crippen LogP) is 4.91. The van der Waals surface area contributed by atoms with E-state index >= 15 is 0 Å². The normalized spacial score (nSPS) is 17.3. The molecular weight excluding hydrogens is 456 g/mol. The van der Waals surface area contributed by atoms with Gasteiger partial charge in [-0.3, -0.25) is 14.3 Å². The van der Waals surface area contributed by atoms with Crippen molar-refractivity contribution in [2.45, 2.75) is 45.4 Å². The van der Waals surface area contributed by atoms with Gasteiger partial charge < -0.3 is 10.2 Å². The van der Waals surface area contributed by atoms with E-state index in [-0.39, 0.29) is 18.4 Å². The number of amides is 2. The van der Waals surface area contributed by atoms with E-state index < -0.39 is 5.54 Å². The summed E-state index contributed by atoms with van der Waals surface area (Å²) in [5.74, 6) is -0.387. The Morgan fingerprint density at radius 2 is 1.77 bits per heavy atom. The van der Waals surface area contributed by atoms with Crippen molar-refractivity contribution in [2.75, 3.05) is 0 Å². The van der Waals surface area contributed by atoms with Crippen LogP contribution in [0, 0.1) is 0 Å². The average molecular weight is 485 g/mol. The molecule has 6 nitrogen and oxygen atoms in total. The number of thiophene rings is 1. The van der Waals surface area contributed by atoms with Crippen molar-refractivity contribution in [2.24, 2.45) is 0 Å². The highest BCUT2D eigenvalue weighted by Crippen LogP contribution is 2.32. The van der Waals surface area contributed by atoms with Crippen LogP contribution < -0.4 is 5.32 Å². The highest BCUT2D eigenvalue weighted by Gasteiger charge is 2.48. The van der Waals surface area contributed by atoms with Crippen LogP contribution in [0.2, 0.25) is 0 Å². The lowest BCUT2D eigenvalue weighted by Crippen LogP contribution is -2.63. The molecular formula is C28H28N4O2S. The molecule has 1 aliphatic rings. The molecule has 3 heterocycles. The summed E-state index contributed by atoms with van der Waals surface area (Å²) in [4.78, 5) is 30.1. The quantitative estimate of drug-likeness (QED) is 0.406. The molecule has 4 aromatic rings. The van der Waals surface area contributed by atoms with Crippen LogP contribution >= 0.6 is 11.3 Å². The molecule has 0 saturated heterocycles. The standard InChI is InChI=1S/C28H28N4O2S/c1-3-20-11-13-22(14-12-20)18-31-26(33)24-16-23(25-10-7-15-35-25)30-32(24)19-28(31,2)27(34)29-17-21-8-5-4-6-9-21/h4-16H,3,17-19H2,1-2H3,(H,29,34)/t28-/m0/s1.